The van der Waals surface area contributed by atoms with Crippen LogP contribution in [0.15, 0.2) is 41.3 Å². The van der Waals surface area contributed by atoms with Crippen LogP contribution in [0.1, 0.15) is 5.56 Å². The van der Waals surface area contributed by atoms with E-state index >= 15 is 0 Å². The third-order valence-corrected chi connectivity index (χ3v) is 6.14. The molecule has 0 unspecified atom stereocenters. The molecule has 2 aromatic rings. The van der Waals surface area contributed by atoms with Crippen LogP contribution >= 0.6 is 23.2 Å². The molecule has 1 N–H and O–H groups in total. The average molecular weight is 417 g/mol. The fourth-order valence-electron chi connectivity index (χ4n) is 2.22. The highest BCUT2D eigenvalue weighted by atomic mass is 35.5. The number of hydrogen-bond acceptors (Lipinski definition) is 4. The van der Waals surface area contributed by atoms with Crippen LogP contribution in [0.25, 0.3) is 0 Å². The standard InChI is InChI=1S/C17H18Cl2N2O4S/c1-11-4-7-15(25-3)16(8-11)26(23,24)21(2)10-17(22)20-12-5-6-13(18)14(19)9-12/h4-9H,10H2,1-3H3,(H,20,22). The number of halogens is 2. The van der Waals surface area contributed by atoms with Crippen molar-refractivity contribution in [3.8, 4) is 5.75 Å². The molecule has 2 aromatic carbocycles. The molecule has 2 rings (SSSR count). The van der Waals surface area contributed by atoms with Gasteiger partial charge in [0.2, 0.25) is 15.9 Å². The molecular weight excluding hydrogens is 399 g/mol. The van der Waals surface area contributed by atoms with Gasteiger partial charge in [-0.15, -0.1) is 0 Å². The summed E-state index contributed by atoms with van der Waals surface area (Å²) in [6.07, 6.45) is 0. The van der Waals surface area contributed by atoms with Crippen molar-refractivity contribution in [1.82, 2.24) is 4.31 Å². The third-order valence-electron chi connectivity index (χ3n) is 3.58. The van der Waals surface area contributed by atoms with Gasteiger partial charge in [0.25, 0.3) is 0 Å². The number of amides is 1. The van der Waals surface area contributed by atoms with Gasteiger partial charge < -0.3 is 10.1 Å². The summed E-state index contributed by atoms with van der Waals surface area (Å²) in [7, 11) is -1.19. The first-order valence-corrected chi connectivity index (χ1v) is 9.70. The summed E-state index contributed by atoms with van der Waals surface area (Å²) in [5.41, 5.74) is 1.18. The minimum atomic E-state index is -3.91. The number of rotatable bonds is 6. The maximum atomic E-state index is 12.8. The van der Waals surface area contributed by atoms with Gasteiger partial charge >= 0.3 is 0 Å². The van der Waals surface area contributed by atoms with Crippen LogP contribution in [-0.4, -0.2) is 39.3 Å². The normalized spacial score (nSPS) is 11.5. The fraction of sp³-hybridized carbons (Fsp3) is 0.235. The van der Waals surface area contributed by atoms with E-state index in [0.717, 1.165) is 9.87 Å². The molecule has 1 amide bonds. The Kier molecular flexibility index (Phi) is 6.52. The van der Waals surface area contributed by atoms with Crippen LogP contribution in [0, 0.1) is 6.92 Å². The zero-order valence-corrected chi connectivity index (χ0v) is 16.7. The van der Waals surface area contributed by atoms with Crippen molar-refractivity contribution in [2.75, 3.05) is 26.0 Å². The highest BCUT2D eigenvalue weighted by molar-refractivity contribution is 7.89. The maximum Gasteiger partial charge on any atom is 0.246 e. The second-order valence-corrected chi connectivity index (χ2v) is 8.42. The van der Waals surface area contributed by atoms with Gasteiger partial charge in [-0.3, -0.25) is 4.79 Å². The van der Waals surface area contributed by atoms with Crippen molar-refractivity contribution in [2.24, 2.45) is 0 Å². The Morgan fingerprint density at radius 1 is 1.15 bits per heavy atom. The summed E-state index contributed by atoms with van der Waals surface area (Å²) in [5, 5.41) is 3.23. The van der Waals surface area contributed by atoms with Gasteiger partial charge in [-0.1, -0.05) is 29.3 Å². The first kappa shape index (κ1) is 20.5. The molecule has 0 aliphatic heterocycles. The SMILES string of the molecule is COc1ccc(C)cc1S(=O)(=O)N(C)CC(=O)Nc1ccc(Cl)c(Cl)c1. The molecule has 0 saturated heterocycles. The molecule has 0 aliphatic rings. The van der Waals surface area contributed by atoms with E-state index in [9.17, 15) is 13.2 Å². The van der Waals surface area contributed by atoms with Gasteiger partial charge in [-0.05, 0) is 42.8 Å². The lowest BCUT2D eigenvalue weighted by Crippen LogP contribution is -2.35. The monoisotopic (exact) mass is 416 g/mol. The van der Waals surface area contributed by atoms with E-state index in [-0.39, 0.29) is 22.2 Å². The summed E-state index contributed by atoms with van der Waals surface area (Å²) in [5.74, 6) is -0.298. The number of aryl methyl sites for hydroxylation is 1. The Labute approximate surface area is 162 Å². The Morgan fingerprint density at radius 3 is 2.46 bits per heavy atom. The van der Waals surface area contributed by atoms with Crippen molar-refractivity contribution in [3.63, 3.8) is 0 Å². The lowest BCUT2D eigenvalue weighted by atomic mass is 10.2. The molecule has 0 aromatic heterocycles. The Morgan fingerprint density at radius 2 is 1.85 bits per heavy atom. The molecule has 0 aliphatic carbocycles. The van der Waals surface area contributed by atoms with Crippen LogP contribution in [0.3, 0.4) is 0 Å². The molecule has 0 heterocycles. The second-order valence-electron chi connectivity index (χ2n) is 5.59. The quantitative estimate of drug-likeness (QED) is 0.780. The van der Waals surface area contributed by atoms with E-state index in [1.807, 2.05) is 0 Å². The van der Waals surface area contributed by atoms with Crippen molar-refractivity contribution in [2.45, 2.75) is 11.8 Å². The average Bonchev–Trinajstić information content (AvgIpc) is 2.58. The minimum absolute atomic E-state index is 0.00448. The predicted octanol–water partition coefficient (Wildman–Crippen LogP) is 3.57. The van der Waals surface area contributed by atoms with E-state index in [2.05, 4.69) is 5.32 Å². The Hall–Kier alpha value is -1.80. The smallest absolute Gasteiger partial charge is 0.246 e. The van der Waals surface area contributed by atoms with Crippen LogP contribution in [-0.2, 0) is 14.8 Å². The molecule has 0 radical (unpaired) electrons. The zero-order chi connectivity index (χ0) is 19.5. The number of nitrogens with one attached hydrogen (secondary N) is 1. The zero-order valence-electron chi connectivity index (χ0n) is 14.4. The first-order valence-electron chi connectivity index (χ1n) is 7.51. The van der Waals surface area contributed by atoms with Crippen LogP contribution in [0.5, 0.6) is 5.75 Å². The molecule has 0 fully saturated rings. The lowest BCUT2D eigenvalue weighted by Gasteiger charge is -2.19. The van der Waals surface area contributed by atoms with Crippen LogP contribution in [0.4, 0.5) is 5.69 Å². The van der Waals surface area contributed by atoms with E-state index < -0.39 is 15.9 Å². The van der Waals surface area contributed by atoms with E-state index in [1.54, 1.807) is 25.1 Å². The number of nitrogens with zero attached hydrogens (tertiary/aromatic N) is 1. The number of ether oxygens (including phenoxy) is 1. The van der Waals surface area contributed by atoms with Crippen LogP contribution < -0.4 is 10.1 Å². The second kappa shape index (κ2) is 8.26. The van der Waals surface area contributed by atoms with Crippen LogP contribution in [0.2, 0.25) is 10.0 Å². The number of carbonyl (C=O) groups is 1. The van der Waals surface area contributed by atoms with Gasteiger partial charge in [0.1, 0.15) is 10.6 Å². The largest absolute Gasteiger partial charge is 0.495 e. The number of methoxy groups -OCH3 is 1. The summed E-state index contributed by atoms with van der Waals surface area (Å²) < 4.78 is 31.6. The molecule has 6 nitrogen and oxygen atoms in total. The number of sulfonamides is 1. The molecular formula is C17H18Cl2N2O4S. The minimum Gasteiger partial charge on any atom is -0.495 e. The molecule has 9 heteroatoms. The van der Waals surface area contributed by atoms with Gasteiger partial charge in [-0.25, -0.2) is 8.42 Å². The molecule has 0 spiro atoms. The van der Waals surface area contributed by atoms with Gasteiger partial charge in [0.15, 0.2) is 0 Å². The topological polar surface area (TPSA) is 75.7 Å². The Balaban J connectivity index is 2.17. The van der Waals surface area contributed by atoms with Crippen molar-refractivity contribution >= 4 is 44.8 Å². The van der Waals surface area contributed by atoms with E-state index in [4.69, 9.17) is 27.9 Å². The molecule has 0 saturated carbocycles. The van der Waals surface area contributed by atoms with Crippen molar-refractivity contribution < 1.29 is 17.9 Å². The fourth-order valence-corrected chi connectivity index (χ4v) is 3.88. The lowest BCUT2D eigenvalue weighted by molar-refractivity contribution is -0.116. The van der Waals surface area contributed by atoms with Gasteiger partial charge in [-0.2, -0.15) is 4.31 Å². The number of anilines is 1. The summed E-state index contributed by atoms with van der Waals surface area (Å²) >= 11 is 11.7. The number of hydrogen-bond donors (Lipinski definition) is 1. The van der Waals surface area contributed by atoms with Gasteiger partial charge in [0, 0.05) is 12.7 Å². The van der Waals surface area contributed by atoms with Crippen molar-refractivity contribution in [3.05, 3.63) is 52.0 Å². The van der Waals surface area contributed by atoms with E-state index in [0.29, 0.717) is 10.7 Å². The molecule has 0 atom stereocenters. The summed E-state index contributed by atoms with van der Waals surface area (Å²) in [6, 6.07) is 9.42. The summed E-state index contributed by atoms with van der Waals surface area (Å²) in [4.78, 5) is 12.2. The predicted molar refractivity (Wildman–Crippen MR) is 103 cm³/mol. The molecule has 140 valence electrons. The molecule has 0 bridgehead atoms. The third kappa shape index (κ3) is 4.67. The maximum absolute atomic E-state index is 12.8. The highest BCUT2D eigenvalue weighted by Crippen LogP contribution is 2.27. The summed E-state index contributed by atoms with van der Waals surface area (Å²) in [6.45, 7) is 1.40. The number of likely N-dealkylation sites (N-methyl/N-ethyl adjacent to an activating group) is 1. The number of benzene rings is 2. The number of carbonyl (C=O) groups excluding carboxylic acids is 1. The first-order chi connectivity index (χ1) is 12.1. The van der Waals surface area contributed by atoms with E-state index in [1.165, 1.54) is 32.4 Å². The molecule has 26 heavy (non-hydrogen) atoms. The van der Waals surface area contributed by atoms with Crippen molar-refractivity contribution in [1.29, 1.82) is 0 Å². The highest BCUT2D eigenvalue weighted by Gasteiger charge is 2.26. The Bertz CT molecular complexity index is 932. The van der Waals surface area contributed by atoms with Gasteiger partial charge in [0.05, 0.1) is 23.7 Å².